The number of thiophene rings is 1. The van der Waals surface area contributed by atoms with Crippen molar-refractivity contribution in [2.75, 3.05) is 5.75 Å². The highest BCUT2D eigenvalue weighted by Crippen LogP contribution is 2.22. The summed E-state index contributed by atoms with van der Waals surface area (Å²) >= 11 is 1.59. The van der Waals surface area contributed by atoms with Crippen LogP contribution in [0, 0.1) is 0 Å². The zero-order chi connectivity index (χ0) is 14.9. The fourth-order valence-electron chi connectivity index (χ4n) is 1.78. The molecule has 110 valence electrons. The van der Waals surface area contributed by atoms with Crippen molar-refractivity contribution in [1.29, 1.82) is 0 Å². The van der Waals surface area contributed by atoms with E-state index >= 15 is 0 Å². The lowest BCUT2D eigenvalue weighted by atomic mass is 10.3. The molecule has 0 aliphatic rings. The highest BCUT2D eigenvalue weighted by atomic mass is 32.2. The molecule has 7 nitrogen and oxygen atoms in total. The lowest BCUT2D eigenvalue weighted by molar-refractivity contribution is 0.579. The van der Waals surface area contributed by atoms with E-state index in [9.17, 15) is 8.42 Å². The average molecular weight is 323 g/mol. The molecule has 3 rings (SSSR count). The number of hydrogen-bond donors (Lipinski definition) is 1. The van der Waals surface area contributed by atoms with Crippen molar-refractivity contribution >= 4 is 27.0 Å². The minimum Gasteiger partial charge on any atom is -0.212 e. The van der Waals surface area contributed by atoms with E-state index in [1.807, 2.05) is 29.6 Å². The topological polar surface area (TPSA) is 89.2 Å². The van der Waals surface area contributed by atoms with Crippen LogP contribution in [0.4, 0.5) is 0 Å². The van der Waals surface area contributed by atoms with Crippen LogP contribution in [0.1, 0.15) is 12.7 Å². The number of nitrogens with one attached hydrogen (secondary N) is 1. The van der Waals surface area contributed by atoms with E-state index in [1.54, 1.807) is 22.8 Å². The monoisotopic (exact) mass is 323 g/mol. The molecule has 0 atom stereocenters. The standard InChI is InChI=1S/C12H13N5O2S2/c1-2-21(18,19)13-8-12-15-14-11-6-5-9(16-17(11)12)10-4-3-7-20-10/h3-7,13H,2,8H2,1H3. The van der Waals surface area contributed by atoms with E-state index in [-0.39, 0.29) is 12.3 Å². The molecule has 0 saturated heterocycles. The number of fused-ring (bicyclic) bond motifs is 1. The first kappa shape index (κ1) is 14.1. The van der Waals surface area contributed by atoms with Crippen molar-refractivity contribution in [2.45, 2.75) is 13.5 Å². The molecule has 9 heteroatoms. The predicted molar refractivity (Wildman–Crippen MR) is 80.4 cm³/mol. The van der Waals surface area contributed by atoms with Gasteiger partial charge < -0.3 is 0 Å². The summed E-state index contributed by atoms with van der Waals surface area (Å²) in [6.07, 6.45) is 0. The molecule has 0 aromatic carbocycles. The molecule has 0 aliphatic carbocycles. The molecule has 3 aromatic rings. The summed E-state index contributed by atoms with van der Waals surface area (Å²) in [5.41, 5.74) is 1.39. The Morgan fingerprint density at radius 3 is 2.86 bits per heavy atom. The fourth-order valence-corrected chi connectivity index (χ4v) is 3.02. The minimum atomic E-state index is -3.27. The van der Waals surface area contributed by atoms with Crippen LogP contribution in [0.2, 0.25) is 0 Å². The van der Waals surface area contributed by atoms with Crippen molar-refractivity contribution < 1.29 is 8.42 Å². The van der Waals surface area contributed by atoms with Crippen LogP contribution in [0.15, 0.2) is 29.6 Å². The van der Waals surface area contributed by atoms with Crippen molar-refractivity contribution in [2.24, 2.45) is 0 Å². The molecule has 0 aliphatic heterocycles. The van der Waals surface area contributed by atoms with Gasteiger partial charge in [0.1, 0.15) is 5.69 Å². The van der Waals surface area contributed by atoms with Gasteiger partial charge in [-0.15, -0.1) is 21.5 Å². The van der Waals surface area contributed by atoms with E-state index in [0.717, 1.165) is 10.6 Å². The van der Waals surface area contributed by atoms with Crippen molar-refractivity contribution in [1.82, 2.24) is 24.5 Å². The van der Waals surface area contributed by atoms with Gasteiger partial charge in [-0.2, -0.15) is 9.61 Å². The third-order valence-corrected chi connectivity index (χ3v) is 5.17. The summed E-state index contributed by atoms with van der Waals surface area (Å²) in [5, 5.41) is 14.4. The second-order valence-electron chi connectivity index (χ2n) is 4.31. The first-order chi connectivity index (χ1) is 10.1. The van der Waals surface area contributed by atoms with E-state index in [0.29, 0.717) is 11.5 Å². The summed E-state index contributed by atoms with van der Waals surface area (Å²) in [4.78, 5) is 1.03. The van der Waals surface area contributed by atoms with Crippen LogP contribution >= 0.6 is 11.3 Å². The maximum Gasteiger partial charge on any atom is 0.211 e. The smallest absolute Gasteiger partial charge is 0.211 e. The highest BCUT2D eigenvalue weighted by molar-refractivity contribution is 7.89. The summed E-state index contributed by atoms with van der Waals surface area (Å²) in [5.74, 6) is 0.484. The van der Waals surface area contributed by atoms with Gasteiger partial charge in [0.25, 0.3) is 0 Å². The summed E-state index contributed by atoms with van der Waals surface area (Å²) in [6.45, 7) is 1.65. The Morgan fingerprint density at radius 2 is 2.14 bits per heavy atom. The second kappa shape index (κ2) is 5.51. The Hall–Kier alpha value is -1.84. The van der Waals surface area contributed by atoms with Gasteiger partial charge in [-0.3, -0.25) is 0 Å². The Bertz CT molecular complexity index is 855. The lowest BCUT2D eigenvalue weighted by Crippen LogP contribution is -2.26. The Labute approximate surface area is 125 Å². The maximum atomic E-state index is 11.5. The van der Waals surface area contributed by atoms with Gasteiger partial charge in [0.05, 0.1) is 17.2 Å². The number of sulfonamides is 1. The summed E-state index contributed by atoms with van der Waals surface area (Å²) in [6, 6.07) is 7.61. The van der Waals surface area contributed by atoms with Gasteiger partial charge in [0, 0.05) is 0 Å². The molecule has 0 bridgehead atoms. The van der Waals surface area contributed by atoms with E-state index in [1.165, 1.54) is 0 Å². The zero-order valence-electron chi connectivity index (χ0n) is 11.2. The van der Waals surface area contributed by atoms with Crippen LogP contribution in [0.25, 0.3) is 16.2 Å². The SMILES string of the molecule is CCS(=O)(=O)NCc1nnc2ccc(-c3cccs3)nn12. The van der Waals surface area contributed by atoms with Crippen LogP contribution < -0.4 is 4.72 Å². The zero-order valence-corrected chi connectivity index (χ0v) is 12.9. The third kappa shape index (κ3) is 2.94. The van der Waals surface area contributed by atoms with E-state index in [2.05, 4.69) is 20.0 Å². The first-order valence-electron chi connectivity index (χ1n) is 6.31. The lowest BCUT2D eigenvalue weighted by Gasteiger charge is -2.03. The van der Waals surface area contributed by atoms with Crippen LogP contribution in [0.5, 0.6) is 0 Å². The molecule has 0 spiro atoms. The molecular formula is C12H13N5O2S2. The molecule has 3 aromatic heterocycles. The summed E-state index contributed by atoms with van der Waals surface area (Å²) < 4.78 is 27.0. The molecule has 1 N–H and O–H groups in total. The quantitative estimate of drug-likeness (QED) is 0.764. The molecule has 0 radical (unpaired) electrons. The average Bonchev–Trinajstić information content (AvgIpc) is 3.14. The van der Waals surface area contributed by atoms with Crippen molar-refractivity contribution in [3.05, 3.63) is 35.5 Å². The van der Waals surface area contributed by atoms with E-state index < -0.39 is 10.0 Å². The Balaban J connectivity index is 1.95. The van der Waals surface area contributed by atoms with Gasteiger partial charge in [0.2, 0.25) is 10.0 Å². The fraction of sp³-hybridized carbons (Fsp3) is 0.250. The molecular weight excluding hydrogens is 310 g/mol. The maximum absolute atomic E-state index is 11.5. The molecule has 0 fully saturated rings. The Kier molecular flexibility index (Phi) is 3.70. The number of hydrogen-bond acceptors (Lipinski definition) is 6. The highest BCUT2D eigenvalue weighted by Gasteiger charge is 2.12. The second-order valence-corrected chi connectivity index (χ2v) is 7.35. The van der Waals surface area contributed by atoms with E-state index in [4.69, 9.17) is 0 Å². The largest absolute Gasteiger partial charge is 0.212 e. The van der Waals surface area contributed by atoms with Crippen molar-refractivity contribution in [3.8, 4) is 10.6 Å². The molecule has 0 unspecified atom stereocenters. The van der Waals surface area contributed by atoms with Crippen LogP contribution in [-0.2, 0) is 16.6 Å². The van der Waals surface area contributed by atoms with Crippen LogP contribution in [-0.4, -0.2) is 34.0 Å². The van der Waals surface area contributed by atoms with Gasteiger partial charge in [-0.25, -0.2) is 13.1 Å². The normalized spacial score (nSPS) is 12.0. The number of rotatable bonds is 5. The predicted octanol–water partition coefficient (Wildman–Crippen LogP) is 1.29. The van der Waals surface area contributed by atoms with Crippen molar-refractivity contribution in [3.63, 3.8) is 0 Å². The van der Waals surface area contributed by atoms with Gasteiger partial charge in [-0.05, 0) is 30.5 Å². The van der Waals surface area contributed by atoms with Gasteiger partial charge in [-0.1, -0.05) is 6.07 Å². The van der Waals surface area contributed by atoms with Crippen LogP contribution in [0.3, 0.4) is 0 Å². The summed E-state index contributed by atoms with van der Waals surface area (Å²) in [7, 11) is -3.27. The third-order valence-electron chi connectivity index (χ3n) is 2.93. The Morgan fingerprint density at radius 1 is 1.29 bits per heavy atom. The van der Waals surface area contributed by atoms with Gasteiger partial charge >= 0.3 is 0 Å². The molecule has 21 heavy (non-hydrogen) atoms. The minimum absolute atomic E-state index is 0.0254. The molecule has 0 saturated carbocycles. The number of nitrogens with zero attached hydrogens (tertiary/aromatic N) is 4. The molecule has 0 amide bonds. The van der Waals surface area contributed by atoms with Gasteiger partial charge in [0.15, 0.2) is 11.5 Å². The first-order valence-corrected chi connectivity index (χ1v) is 8.85. The number of aromatic nitrogens is 4. The molecule has 3 heterocycles.